The molecule has 2 aromatic rings. The van der Waals surface area contributed by atoms with Crippen molar-refractivity contribution in [2.75, 3.05) is 0 Å². The molecule has 0 saturated heterocycles. The van der Waals surface area contributed by atoms with Crippen LogP contribution >= 0.6 is 11.6 Å². The summed E-state index contributed by atoms with van der Waals surface area (Å²) in [6.45, 7) is 1.58. The highest BCUT2D eigenvalue weighted by Crippen LogP contribution is 2.25. The van der Waals surface area contributed by atoms with Crippen molar-refractivity contribution in [1.82, 2.24) is 0 Å². The van der Waals surface area contributed by atoms with Gasteiger partial charge in [-0.25, -0.2) is 4.39 Å². The number of carbonyl (C=O) groups is 1. The molecule has 0 heterocycles. The lowest BCUT2D eigenvalue weighted by molar-refractivity contribution is 0.0975. The Morgan fingerprint density at radius 3 is 2.65 bits per heavy atom. The van der Waals surface area contributed by atoms with Gasteiger partial charge in [0, 0.05) is 5.02 Å². The molecule has 0 aliphatic rings. The number of hydrogen-bond acceptors (Lipinski definition) is 2. The Labute approximate surface area is 121 Å². The summed E-state index contributed by atoms with van der Waals surface area (Å²) in [6, 6.07) is 13.0. The zero-order valence-electron chi connectivity index (χ0n) is 10.7. The summed E-state index contributed by atoms with van der Waals surface area (Å²) in [4.78, 5) is 12.4. The predicted molar refractivity (Wildman–Crippen MR) is 75.3 cm³/mol. The van der Waals surface area contributed by atoms with Crippen molar-refractivity contribution in [2.45, 2.75) is 12.8 Å². The third kappa shape index (κ3) is 2.71. The van der Waals surface area contributed by atoms with Crippen LogP contribution in [0.5, 0.6) is 0 Å². The summed E-state index contributed by atoms with van der Waals surface area (Å²) < 4.78 is 14.0. The summed E-state index contributed by atoms with van der Waals surface area (Å²) >= 11 is 5.86. The van der Waals surface area contributed by atoms with Crippen molar-refractivity contribution >= 4 is 17.4 Å². The Morgan fingerprint density at radius 2 is 2.00 bits per heavy atom. The molecule has 1 unspecified atom stereocenters. The largest absolute Gasteiger partial charge is 0.292 e. The molecule has 20 heavy (non-hydrogen) atoms. The van der Waals surface area contributed by atoms with Crippen molar-refractivity contribution < 1.29 is 9.18 Å². The number of Topliss-reactive ketones (excluding diaryl/α,β-unsaturated/α-hetero) is 1. The second-order valence-corrected chi connectivity index (χ2v) is 4.85. The molecule has 0 aliphatic heterocycles. The first-order valence-corrected chi connectivity index (χ1v) is 6.37. The average molecular weight is 288 g/mol. The van der Waals surface area contributed by atoms with E-state index in [1.165, 1.54) is 6.07 Å². The summed E-state index contributed by atoms with van der Waals surface area (Å²) in [5.41, 5.74) is 0.765. The SMILES string of the molecule is Cc1cccc(C(=O)C(C#N)c2cccc(Cl)c2)c1F. The van der Waals surface area contributed by atoms with E-state index in [-0.39, 0.29) is 5.56 Å². The standard InChI is InChI=1S/C16H11ClFNO/c1-10-4-2-7-13(15(10)18)16(20)14(9-19)11-5-3-6-12(17)8-11/h2-8,14H,1H3. The summed E-state index contributed by atoms with van der Waals surface area (Å²) in [7, 11) is 0. The van der Waals surface area contributed by atoms with Crippen LogP contribution in [0.3, 0.4) is 0 Å². The molecule has 0 radical (unpaired) electrons. The number of halogens is 2. The van der Waals surface area contributed by atoms with E-state index < -0.39 is 17.5 Å². The Hall–Kier alpha value is -2.18. The topological polar surface area (TPSA) is 40.9 Å². The summed E-state index contributed by atoms with van der Waals surface area (Å²) in [6.07, 6.45) is 0. The minimum atomic E-state index is -1.06. The van der Waals surface area contributed by atoms with E-state index in [4.69, 9.17) is 11.6 Å². The Balaban J connectivity index is 2.45. The van der Waals surface area contributed by atoms with Gasteiger partial charge in [0.1, 0.15) is 11.7 Å². The van der Waals surface area contributed by atoms with Gasteiger partial charge in [-0.1, -0.05) is 35.9 Å². The smallest absolute Gasteiger partial charge is 0.187 e. The van der Waals surface area contributed by atoms with Crippen molar-refractivity contribution in [1.29, 1.82) is 5.26 Å². The van der Waals surface area contributed by atoms with E-state index in [1.807, 2.05) is 6.07 Å². The average Bonchev–Trinajstić information content (AvgIpc) is 2.42. The molecule has 0 spiro atoms. The fourth-order valence-electron chi connectivity index (χ4n) is 1.96. The first-order chi connectivity index (χ1) is 9.54. The van der Waals surface area contributed by atoms with Gasteiger partial charge in [-0.3, -0.25) is 4.79 Å². The van der Waals surface area contributed by atoms with Gasteiger partial charge >= 0.3 is 0 Å². The monoisotopic (exact) mass is 287 g/mol. The Bertz CT molecular complexity index is 706. The number of nitrogens with zero attached hydrogens (tertiary/aromatic N) is 1. The van der Waals surface area contributed by atoms with Crippen LogP contribution in [0.4, 0.5) is 4.39 Å². The minimum Gasteiger partial charge on any atom is -0.292 e. The van der Waals surface area contributed by atoms with Gasteiger partial charge in [0.05, 0.1) is 11.6 Å². The van der Waals surface area contributed by atoms with E-state index in [1.54, 1.807) is 43.3 Å². The molecule has 0 aromatic heterocycles. The van der Waals surface area contributed by atoms with Crippen molar-refractivity contribution in [3.05, 3.63) is 70.0 Å². The fourth-order valence-corrected chi connectivity index (χ4v) is 2.16. The van der Waals surface area contributed by atoms with Crippen molar-refractivity contribution in [3.8, 4) is 6.07 Å². The molecule has 100 valence electrons. The third-order valence-corrected chi connectivity index (χ3v) is 3.27. The van der Waals surface area contributed by atoms with E-state index >= 15 is 0 Å². The zero-order chi connectivity index (χ0) is 14.7. The number of aryl methyl sites for hydroxylation is 1. The van der Waals surface area contributed by atoms with E-state index in [0.29, 0.717) is 16.1 Å². The lowest BCUT2D eigenvalue weighted by Crippen LogP contribution is -2.13. The van der Waals surface area contributed by atoms with Gasteiger partial charge in [-0.2, -0.15) is 5.26 Å². The maximum Gasteiger partial charge on any atom is 0.187 e. The van der Waals surface area contributed by atoms with Crippen LogP contribution in [0, 0.1) is 24.1 Å². The highest BCUT2D eigenvalue weighted by Gasteiger charge is 2.24. The zero-order valence-corrected chi connectivity index (χ0v) is 11.5. The quantitative estimate of drug-likeness (QED) is 0.791. The highest BCUT2D eigenvalue weighted by atomic mass is 35.5. The maximum atomic E-state index is 14.0. The number of rotatable bonds is 3. The third-order valence-electron chi connectivity index (χ3n) is 3.03. The van der Waals surface area contributed by atoms with Crippen LogP contribution in [0.15, 0.2) is 42.5 Å². The second kappa shape index (κ2) is 5.85. The second-order valence-electron chi connectivity index (χ2n) is 4.42. The molecular formula is C16H11ClFNO. The first kappa shape index (κ1) is 14.2. The van der Waals surface area contributed by atoms with Gasteiger partial charge in [0.15, 0.2) is 5.78 Å². The maximum absolute atomic E-state index is 14.0. The van der Waals surface area contributed by atoms with Crippen LogP contribution in [0.1, 0.15) is 27.4 Å². The molecule has 4 heteroatoms. The van der Waals surface area contributed by atoms with Crippen LogP contribution in [0.2, 0.25) is 5.02 Å². The molecule has 0 aliphatic carbocycles. The summed E-state index contributed by atoms with van der Waals surface area (Å²) in [5.74, 6) is -2.21. The van der Waals surface area contributed by atoms with E-state index in [2.05, 4.69) is 0 Å². The van der Waals surface area contributed by atoms with Gasteiger partial charge in [0.25, 0.3) is 0 Å². The summed E-state index contributed by atoms with van der Waals surface area (Å²) in [5, 5.41) is 9.66. The molecule has 0 fully saturated rings. The number of benzene rings is 2. The number of nitriles is 1. The minimum absolute atomic E-state index is 0.0727. The van der Waals surface area contributed by atoms with Crippen molar-refractivity contribution in [3.63, 3.8) is 0 Å². The predicted octanol–water partition coefficient (Wildman–Crippen LogP) is 4.28. The molecule has 0 bridgehead atoms. The fraction of sp³-hybridized carbons (Fsp3) is 0.125. The highest BCUT2D eigenvalue weighted by molar-refractivity contribution is 6.30. The van der Waals surface area contributed by atoms with Gasteiger partial charge in [-0.15, -0.1) is 0 Å². The van der Waals surface area contributed by atoms with Crippen LogP contribution in [-0.2, 0) is 0 Å². The normalized spacial score (nSPS) is 11.7. The van der Waals surface area contributed by atoms with Crippen LogP contribution < -0.4 is 0 Å². The Morgan fingerprint density at radius 1 is 1.30 bits per heavy atom. The molecule has 2 rings (SSSR count). The molecule has 2 nitrogen and oxygen atoms in total. The lowest BCUT2D eigenvalue weighted by Gasteiger charge is -2.10. The van der Waals surface area contributed by atoms with Crippen LogP contribution in [0.25, 0.3) is 0 Å². The Kier molecular flexibility index (Phi) is 4.16. The molecule has 0 amide bonds. The lowest BCUT2D eigenvalue weighted by atomic mass is 9.91. The molecule has 1 atom stereocenters. The number of carbonyl (C=O) groups excluding carboxylic acids is 1. The van der Waals surface area contributed by atoms with E-state index in [0.717, 1.165) is 0 Å². The molecule has 2 aromatic carbocycles. The van der Waals surface area contributed by atoms with Crippen molar-refractivity contribution in [2.24, 2.45) is 0 Å². The van der Waals surface area contributed by atoms with Gasteiger partial charge in [-0.05, 0) is 36.2 Å². The van der Waals surface area contributed by atoms with Gasteiger partial charge in [0.2, 0.25) is 0 Å². The van der Waals surface area contributed by atoms with Gasteiger partial charge < -0.3 is 0 Å². The molecular weight excluding hydrogens is 277 g/mol. The molecule has 0 saturated carbocycles. The van der Waals surface area contributed by atoms with Crippen LogP contribution in [-0.4, -0.2) is 5.78 Å². The number of ketones is 1. The van der Waals surface area contributed by atoms with E-state index in [9.17, 15) is 14.4 Å². The molecule has 0 N–H and O–H groups in total. The number of hydrogen-bond donors (Lipinski definition) is 0. The first-order valence-electron chi connectivity index (χ1n) is 5.99.